The van der Waals surface area contributed by atoms with Gasteiger partial charge in [0.15, 0.2) is 5.69 Å². The Bertz CT molecular complexity index is 518. The number of imidazole rings is 1. The first-order chi connectivity index (χ1) is 7.54. The zero-order valence-corrected chi connectivity index (χ0v) is 9.66. The minimum atomic E-state index is -3.33. The van der Waals surface area contributed by atoms with Crippen LogP contribution in [0.15, 0.2) is 11.4 Å². The number of carbonyl (C=O) groups is 1. The van der Waals surface area contributed by atoms with Crippen LogP contribution in [0.5, 0.6) is 0 Å². The van der Waals surface area contributed by atoms with E-state index in [0.29, 0.717) is 13.0 Å². The summed E-state index contributed by atoms with van der Waals surface area (Å²) in [6.45, 7) is 2.50. The van der Waals surface area contributed by atoms with Gasteiger partial charge in [-0.2, -0.15) is 0 Å². The van der Waals surface area contributed by atoms with Crippen LogP contribution in [0, 0.1) is 0 Å². The summed E-state index contributed by atoms with van der Waals surface area (Å²) in [5.41, 5.74) is 0.0577. The fourth-order valence-electron chi connectivity index (χ4n) is 1.63. The van der Waals surface area contributed by atoms with E-state index in [-0.39, 0.29) is 23.2 Å². The van der Waals surface area contributed by atoms with Gasteiger partial charge in [-0.15, -0.1) is 0 Å². The Balaban J connectivity index is 2.40. The maximum absolute atomic E-state index is 11.6. The molecule has 7 heteroatoms. The molecule has 0 radical (unpaired) electrons. The summed E-state index contributed by atoms with van der Waals surface area (Å²) < 4.78 is 29.5. The molecule has 0 bridgehead atoms. The molecule has 6 nitrogen and oxygen atoms in total. The fraction of sp³-hybridized carbons (Fsp3) is 0.556. The molecule has 2 rings (SSSR count). The minimum absolute atomic E-state index is 0.0261. The van der Waals surface area contributed by atoms with E-state index in [1.54, 1.807) is 6.92 Å². The fourth-order valence-corrected chi connectivity index (χ4v) is 3.06. The van der Waals surface area contributed by atoms with Gasteiger partial charge in [0.1, 0.15) is 0 Å². The van der Waals surface area contributed by atoms with Crippen LogP contribution in [0.25, 0.3) is 0 Å². The van der Waals surface area contributed by atoms with Crippen LogP contribution in [-0.2, 0) is 21.1 Å². The molecule has 0 atom stereocenters. The largest absolute Gasteiger partial charge is 0.461 e. The highest BCUT2D eigenvalue weighted by molar-refractivity contribution is 7.91. The second-order valence-corrected chi connectivity index (χ2v) is 5.50. The van der Waals surface area contributed by atoms with Gasteiger partial charge in [-0.05, 0) is 13.3 Å². The zero-order chi connectivity index (χ0) is 11.8. The standard InChI is InChI=1S/C9H12N2O4S/c1-2-15-8(12)7-6-11-4-3-5-16(13,14)9(11)10-7/h6H,2-5H2,1H3. The van der Waals surface area contributed by atoms with Crippen LogP contribution in [0.3, 0.4) is 0 Å². The van der Waals surface area contributed by atoms with E-state index in [9.17, 15) is 13.2 Å². The maximum Gasteiger partial charge on any atom is 0.358 e. The van der Waals surface area contributed by atoms with E-state index >= 15 is 0 Å². The normalized spacial score (nSPS) is 17.8. The monoisotopic (exact) mass is 244 g/mol. The van der Waals surface area contributed by atoms with Gasteiger partial charge in [-0.1, -0.05) is 0 Å². The lowest BCUT2D eigenvalue weighted by Gasteiger charge is -2.12. The highest BCUT2D eigenvalue weighted by Gasteiger charge is 2.28. The van der Waals surface area contributed by atoms with Crippen molar-refractivity contribution >= 4 is 15.8 Å². The van der Waals surface area contributed by atoms with Crippen molar-refractivity contribution in [1.29, 1.82) is 0 Å². The van der Waals surface area contributed by atoms with Gasteiger partial charge in [-0.3, -0.25) is 0 Å². The molecule has 1 aromatic heterocycles. The van der Waals surface area contributed by atoms with Gasteiger partial charge in [0, 0.05) is 12.7 Å². The number of nitrogens with zero attached hydrogens (tertiary/aromatic N) is 2. The lowest BCUT2D eigenvalue weighted by molar-refractivity contribution is 0.0519. The molecule has 0 fully saturated rings. The third-order valence-corrected chi connectivity index (χ3v) is 4.02. The SMILES string of the molecule is CCOC(=O)c1cn2c(n1)S(=O)(=O)CCC2. The van der Waals surface area contributed by atoms with Gasteiger partial charge in [0.25, 0.3) is 0 Å². The van der Waals surface area contributed by atoms with Crippen LogP contribution in [-0.4, -0.2) is 36.3 Å². The summed E-state index contributed by atoms with van der Waals surface area (Å²) in [6.07, 6.45) is 1.98. The lowest BCUT2D eigenvalue weighted by Crippen LogP contribution is -2.20. The van der Waals surface area contributed by atoms with Gasteiger partial charge < -0.3 is 9.30 Å². The molecule has 0 aliphatic carbocycles. The molecular formula is C9H12N2O4S. The molecule has 1 aromatic rings. The van der Waals surface area contributed by atoms with Crippen molar-refractivity contribution in [2.45, 2.75) is 25.0 Å². The number of esters is 1. The highest BCUT2D eigenvalue weighted by Crippen LogP contribution is 2.18. The van der Waals surface area contributed by atoms with Crippen LogP contribution >= 0.6 is 0 Å². The Kier molecular flexibility index (Phi) is 2.71. The predicted molar refractivity (Wildman–Crippen MR) is 54.9 cm³/mol. The summed E-state index contributed by atoms with van der Waals surface area (Å²) in [5.74, 6) is -0.494. The molecule has 0 unspecified atom stereocenters. The Morgan fingerprint density at radius 3 is 3.00 bits per heavy atom. The van der Waals surface area contributed by atoms with E-state index in [2.05, 4.69) is 4.98 Å². The summed E-state index contributed by atoms with van der Waals surface area (Å²) in [4.78, 5) is 15.2. The number of hydrogen-bond acceptors (Lipinski definition) is 5. The third kappa shape index (κ3) is 1.82. The van der Waals surface area contributed by atoms with Crippen molar-refractivity contribution in [3.05, 3.63) is 11.9 Å². The first-order valence-corrected chi connectivity index (χ1v) is 6.67. The molecule has 0 N–H and O–H groups in total. The maximum atomic E-state index is 11.6. The summed E-state index contributed by atoms with van der Waals surface area (Å²) in [5, 5.41) is -0.0261. The van der Waals surface area contributed by atoms with Crippen molar-refractivity contribution in [3.63, 3.8) is 0 Å². The van der Waals surface area contributed by atoms with Crippen molar-refractivity contribution in [1.82, 2.24) is 9.55 Å². The molecule has 0 saturated heterocycles. The number of aryl methyl sites for hydroxylation is 1. The highest BCUT2D eigenvalue weighted by atomic mass is 32.2. The predicted octanol–water partition coefficient (Wildman–Crippen LogP) is 0.237. The van der Waals surface area contributed by atoms with Crippen molar-refractivity contribution in [3.8, 4) is 0 Å². The van der Waals surface area contributed by atoms with Crippen molar-refractivity contribution < 1.29 is 17.9 Å². The Labute approximate surface area is 93.2 Å². The van der Waals surface area contributed by atoms with E-state index in [0.717, 1.165) is 0 Å². The second kappa shape index (κ2) is 3.89. The lowest BCUT2D eigenvalue weighted by atomic mass is 10.4. The Morgan fingerprint density at radius 2 is 2.38 bits per heavy atom. The number of aromatic nitrogens is 2. The molecule has 1 aliphatic heterocycles. The van der Waals surface area contributed by atoms with Gasteiger partial charge in [-0.25, -0.2) is 18.2 Å². The molecule has 88 valence electrons. The van der Waals surface area contributed by atoms with Crippen molar-refractivity contribution in [2.24, 2.45) is 0 Å². The second-order valence-electron chi connectivity index (χ2n) is 3.50. The van der Waals surface area contributed by atoms with Gasteiger partial charge in [0.05, 0.1) is 12.4 Å². The van der Waals surface area contributed by atoms with Crippen LogP contribution in [0.4, 0.5) is 0 Å². The average Bonchev–Trinajstić information content (AvgIpc) is 2.63. The Hall–Kier alpha value is -1.37. The molecule has 0 saturated carbocycles. The number of rotatable bonds is 2. The Morgan fingerprint density at radius 1 is 1.62 bits per heavy atom. The minimum Gasteiger partial charge on any atom is -0.461 e. The molecule has 1 aliphatic rings. The number of fused-ring (bicyclic) bond motifs is 1. The first-order valence-electron chi connectivity index (χ1n) is 5.01. The van der Waals surface area contributed by atoms with Crippen LogP contribution in [0.2, 0.25) is 0 Å². The number of hydrogen-bond donors (Lipinski definition) is 0. The average molecular weight is 244 g/mol. The molecule has 0 spiro atoms. The summed E-state index contributed by atoms with van der Waals surface area (Å²) in [6, 6.07) is 0. The van der Waals surface area contributed by atoms with Crippen molar-refractivity contribution in [2.75, 3.05) is 12.4 Å². The van der Waals surface area contributed by atoms with E-state index in [1.165, 1.54) is 10.8 Å². The zero-order valence-electron chi connectivity index (χ0n) is 8.84. The number of ether oxygens (including phenoxy) is 1. The molecule has 0 amide bonds. The smallest absolute Gasteiger partial charge is 0.358 e. The summed E-state index contributed by atoms with van der Waals surface area (Å²) >= 11 is 0. The van der Waals surface area contributed by atoms with E-state index in [1.807, 2.05) is 0 Å². The van der Waals surface area contributed by atoms with E-state index < -0.39 is 15.8 Å². The van der Waals surface area contributed by atoms with Crippen LogP contribution in [0.1, 0.15) is 23.8 Å². The third-order valence-electron chi connectivity index (χ3n) is 2.31. The molecule has 2 heterocycles. The topological polar surface area (TPSA) is 78.3 Å². The molecular weight excluding hydrogens is 232 g/mol. The van der Waals surface area contributed by atoms with Gasteiger partial charge >= 0.3 is 5.97 Å². The number of carbonyl (C=O) groups excluding carboxylic acids is 1. The summed E-state index contributed by atoms with van der Waals surface area (Å²) in [7, 11) is -3.33. The molecule has 0 aromatic carbocycles. The van der Waals surface area contributed by atoms with Gasteiger partial charge in [0.2, 0.25) is 15.0 Å². The number of sulfone groups is 1. The first kappa shape index (κ1) is 11.1. The van der Waals surface area contributed by atoms with Crippen LogP contribution < -0.4 is 0 Å². The molecule has 16 heavy (non-hydrogen) atoms. The van der Waals surface area contributed by atoms with E-state index in [4.69, 9.17) is 4.74 Å². The quantitative estimate of drug-likeness (QED) is 0.696.